The van der Waals surface area contributed by atoms with Crippen molar-refractivity contribution in [1.82, 2.24) is 9.97 Å². The maximum atomic E-state index is 6.21. The number of aryl methyl sites for hydroxylation is 1. The van der Waals surface area contributed by atoms with Gasteiger partial charge >= 0.3 is 0 Å². The lowest BCUT2D eigenvalue weighted by Gasteiger charge is -2.12. The van der Waals surface area contributed by atoms with Crippen molar-refractivity contribution in [3.8, 4) is 5.75 Å². The molecule has 0 atom stereocenters. The molecule has 26 heavy (non-hydrogen) atoms. The van der Waals surface area contributed by atoms with Crippen molar-refractivity contribution in [2.24, 2.45) is 0 Å². The maximum Gasteiger partial charge on any atom is 0.136 e. The molecule has 0 unspecified atom stereocenters. The molecule has 0 aliphatic carbocycles. The Labute approximate surface area is 162 Å². The molecule has 0 saturated carbocycles. The number of methoxy groups -OCH3 is 1. The molecule has 0 bridgehead atoms. The van der Waals surface area contributed by atoms with E-state index >= 15 is 0 Å². The summed E-state index contributed by atoms with van der Waals surface area (Å²) in [7, 11) is 1.66. The van der Waals surface area contributed by atoms with Gasteiger partial charge in [0.2, 0.25) is 0 Å². The zero-order valence-corrected chi connectivity index (χ0v) is 15.9. The third-order valence-corrected chi connectivity index (χ3v) is 4.23. The van der Waals surface area contributed by atoms with Crippen molar-refractivity contribution in [3.63, 3.8) is 0 Å². The van der Waals surface area contributed by atoms with Gasteiger partial charge in [0.1, 0.15) is 23.2 Å². The van der Waals surface area contributed by atoms with Crippen LogP contribution in [-0.2, 0) is 6.54 Å². The van der Waals surface area contributed by atoms with Gasteiger partial charge in [-0.2, -0.15) is 0 Å². The van der Waals surface area contributed by atoms with Gasteiger partial charge in [0, 0.05) is 23.2 Å². The van der Waals surface area contributed by atoms with E-state index in [0.717, 1.165) is 17.0 Å². The van der Waals surface area contributed by atoms with E-state index in [0.29, 0.717) is 34.1 Å². The van der Waals surface area contributed by atoms with Crippen LogP contribution in [0.25, 0.3) is 0 Å². The van der Waals surface area contributed by atoms with E-state index in [1.54, 1.807) is 19.2 Å². The van der Waals surface area contributed by atoms with Gasteiger partial charge in [-0.05, 0) is 31.2 Å². The van der Waals surface area contributed by atoms with Gasteiger partial charge in [0.15, 0.2) is 0 Å². The maximum absolute atomic E-state index is 6.21. The number of ether oxygens (including phenoxy) is 1. The van der Waals surface area contributed by atoms with Crippen molar-refractivity contribution in [2.75, 3.05) is 17.7 Å². The number of hydrogen-bond donors (Lipinski definition) is 2. The molecular weight excluding hydrogens is 371 g/mol. The van der Waals surface area contributed by atoms with E-state index in [4.69, 9.17) is 27.9 Å². The molecule has 5 nitrogen and oxygen atoms in total. The zero-order valence-electron chi connectivity index (χ0n) is 14.4. The Hall–Kier alpha value is -2.50. The lowest BCUT2D eigenvalue weighted by Crippen LogP contribution is -2.06. The minimum Gasteiger partial charge on any atom is -0.496 e. The Balaban J connectivity index is 1.77. The molecule has 3 rings (SSSR count). The second-order valence-electron chi connectivity index (χ2n) is 5.60. The van der Waals surface area contributed by atoms with Gasteiger partial charge in [0.05, 0.1) is 17.8 Å². The Morgan fingerprint density at radius 1 is 1.00 bits per heavy atom. The van der Waals surface area contributed by atoms with Crippen molar-refractivity contribution >= 4 is 40.5 Å². The summed E-state index contributed by atoms with van der Waals surface area (Å²) in [5.41, 5.74) is 1.77. The van der Waals surface area contributed by atoms with E-state index in [-0.39, 0.29) is 0 Å². The Morgan fingerprint density at radius 2 is 1.77 bits per heavy atom. The zero-order chi connectivity index (χ0) is 18.5. The van der Waals surface area contributed by atoms with Gasteiger partial charge in [-0.25, -0.2) is 9.97 Å². The lowest BCUT2D eigenvalue weighted by atomic mass is 10.2. The average Bonchev–Trinajstić information content (AvgIpc) is 2.62. The lowest BCUT2D eigenvalue weighted by molar-refractivity contribution is 0.410. The Bertz CT molecular complexity index is 918. The summed E-state index contributed by atoms with van der Waals surface area (Å²) in [5, 5.41) is 7.60. The summed E-state index contributed by atoms with van der Waals surface area (Å²) < 4.78 is 5.37. The first-order chi connectivity index (χ1) is 12.5. The van der Waals surface area contributed by atoms with E-state index in [1.807, 2.05) is 43.3 Å². The van der Waals surface area contributed by atoms with Crippen LogP contribution in [0.15, 0.2) is 48.5 Å². The molecule has 0 fully saturated rings. The van der Waals surface area contributed by atoms with Gasteiger partial charge in [-0.3, -0.25) is 0 Å². The summed E-state index contributed by atoms with van der Waals surface area (Å²) >= 11 is 12.2. The average molecular weight is 389 g/mol. The molecule has 1 aromatic heterocycles. The summed E-state index contributed by atoms with van der Waals surface area (Å²) in [6.45, 7) is 2.42. The number of rotatable bonds is 6. The number of nitrogens with one attached hydrogen (secondary N) is 2. The van der Waals surface area contributed by atoms with Crippen LogP contribution >= 0.6 is 23.2 Å². The first-order valence-corrected chi connectivity index (χ1v) is 8.74. The van der Waals surface area contributed by atoms with E-state index in [9.17, 15) is 0 Å². The molecule has 0 amide bonds. The molecule has 0 radical (unpaired) electrons. The first kappa shape index (κ1) is 18.3. The number of para-hydroxylation sites is 1. The molecule has 2 N–H and O–H groups in total. The molecule has 3 aromatic rings. The normalized spacial score (nSPS) is 10.5. The number of anilines is 3. The minimum atomic E-state index is 0.525. The van der Waals surface area contributed by atoms with Crippen molar-refractivity contribution in [1.29, 1.82) is 0 Å². The number of nitrogens with zero attached hydrogens (tertiary/aromatic N) is 2. The second kappa shape index (κ2) is 8.25. The fraction of sp³-hybridized carbons (Fsp3) is 0.158. The smallest absolute Gasteiger partial charge is 0.136 e. The van der Waals surface area contributed by atoms with Crippen LogP contribution in [0, 0.1) is 6.92 Å². The highest BCUT2D eigenvalue weighted by molar-refractivity contribution is 6.36. The van der Waals surface area contributed by atoms with Crippen molar-refractivity contribution in [2.45, 2.75) is 13.5 Å². The van der Waals surface area contributed by atoms with E-state index < -0.39 is 0 Å². The van der Waals surface area contributed by atoms with E-state index in [1.165, 1.54) is 0 Å². The molecule has 2 aromatic carbocycles. The molecule has 134 valence electrons. The predicted molar refractivity (Wildman–Crippen MR) is 107 cm³/mol. The largest absolute Gasteiger partial charge is 0.496 e. The van der Waals surface area contributed by atoms with Crippen LogP contribution < -0.4 is 15.4 Å². The third kappa shape index (κ3) is 4.56. The van der Waals surface area contributed by atoms with E-state index in [2.05, 4.69) is 20.6 Å². The highest BCUT2D eigenvalue weighted by Crippen LogP contribution is 2.28. The summed E-state index contributed by atoms with van der Waals surface area (Å²) in [5.74, 6) is 2.82. The molecule has 0 saturated heterocycles. The molecule has 7 heteroatoms. The van der Waals surface area contributed by atoms with Gasteiger partial charge in [0.25, 0.3) is 0 Å². The SMILES string of the molecule is COc1ccccc1CNc1cc(Nc2ccc(Cl)cc2Cl)nc(C)n1. The van der Waals surface area contributed by atoms with Crippen LogP contribution in [0.5, 0.6) is 5.75 Å². The molecule has 1 heterocycles. The van der Waals surface area contributed by atoms with Gasteiger partial charge in [-0.15, -0.1) is 0 Å². The molecule has 0 aliphatic heterocycles. The number of halogens is 2. The second-order valence-corrected chi connectivity index (χ2v) is 6.44. The van der Waals surface area contributed by atoms with Crippen molar-refractivity contribution in [3.05, 3.63) is 70.0 Å². The quantitative estimate of drug-likeness (QED) is 0.587. The highest BCUT2D eigenvalue weighted by Gasteiger charge is 2.07. The number of hydrogen-bond acceptors (Lipinski definition) is 5. The Kier molecular flexibility index (Phi) is 5.81. The van der Waals surface area contributed by atoms with Crippen LogP contribution in [0.2, 0.25) is 10.0 Å². The number of aromatic nitrogens is 2. The fourth-order valence-corrected chi connectivity index (χ4v) is 2.94. The summed E-state index contributed by atoms with van der Waals surface area (Å²) in [4.78, 5) is 8.83. The standard InChI is InChI=1S/C19H18Cl2N4O/c1-12-23-18(22-11-13-5-3-4-6-17(13)26-2)10-19(24-12)25-16-8-7-14(20)9-15(16)21/h3-10H,11H2,1-2H3,(H2,22,23,24,25). The van der Waals surface area contributed by atoms with Gasteiger partial charge < -0.3 is 15.4 Å². The Morgan fingerprint density at radius 3 is 2.54 bits per heavy atom. The third-order valence-electron chi connectivity index (χ3n) is 3.68. The van der Waals surface area contributed by atoms with Crippen LogP contribution in [0.3, 0.4) is 0 Å². The fourth-order valence-electron chi connectivity index (χ4n) is 2.49. The first-order valence-electron chi connectivity index (χ1n) is 7.98. The van der Waals surface area contributed by atoms with Crippen LogP contribution in [0.4, 0.5) is 17.3 Å². The van der Waals surface area contributed by atoms with Crippen molar-refractivity contribution < 1.29 is 4.74 Å². The molecule has 0 aliphatic rings. The number of benzene rings is 2. The molecule has 0 spiro atoms. The summed E-state index contributed by atoms with van der Waals surface area (Å²) in [6, 6.07) is 14.9. The van der Waals surface area contributed by atoms with Gasteiger partial charge in [-0.1, -0.05) is 41.4 Å². The topological polar surface area (TPSA) is 59.1 Å². The van der Waals surface area contributed by atoms with Crippen LogP contribution in [0.1, 0.15) is 11.4 Å². The highest BCUT2D eigenvalue weighted by atomic mass is 35.5. The van der Waals surface area contributed by atoms with Crippen LogP contribution in [-0.4, -0.2) is 17.1 Å². The minimum absolute atomic E-state index is 0.525. The summed E-state index contributed by atoms with van der Waals surface area (Å²) in [6.07, 6.45) is 0. The monoisotopic (exact) mass is 388 g/mol. The molecular formula is C19H18Cl2N4O. The predicted octanol–water partition coefficient (Wildman–Crippen LogP) is 5.46.